The normalized spacial score (nSPS) is 18.9. The topological polar surface area (TPSA) is 31.4 Å². The Labute approximate surface area is 110 Å². The molecule has 1 aliphatic heterocycles. The Morgan fingerprint density at radius 3 is 2.67 bits per heavy atom. The van der Waals surface area contributed by atoms with E-state index in [1.165, 1.54) is 13.0 Å². The fourth-order valence-electron chi connectivity index (χ4n) is 2.26. The van der Waals surface area contributed by atoms with E-state index in [4.69, 9.17) is 0 Å². The standard InChI is InChI=1S/C14H24N4/c1-13(15-2)6-8-17-9-11-18(12-10-17)14-5-3-4-7-16-14/h3-5,7,13,15H,6,8-12H2,1-2H3. The van der Waals surface area contributed by atoms with Crippen LogP contribution in [0.1, 0.15) is 13.3 Å². The third-order valence-corrected chi connectivity index (χ3v) is 3.72. The molecule has 1 fully saturated rings. The van der Waals surface area contributed by atoms with Gasteiger partial charge in [-0.15, -0.1) is 0 Å². The Balaban J connectivity index is 1.75. The lowest BCUT2D eigenvalue weighted by Gasteiger charge is -2.35. The molecule has 2 heterocycles. The van der Waals surface area contributed by atoms with Gasteiger partial charge in [-0.1, -0.05) is 6.07 Å². The van der Waals surface area contributed by atoms with E-state index in [0.29, 0.717) is 6.04 Å². The third kappa shape index (κ3) is 3.68. The molecule has 1 aromatic heterocycles. The lowest BCUT2D eigenvalue weighted by Crippen LogP contribution is -2.47. The molecule has 0 aromatic carbocycles. The minimum atomic E-state index is 0.610. The highest BCUT2D eigenvalue weighted by molar-refractivity contribution is 5.38. The fourth-order valence-corrected chi connectivity index (χ4v) is 2.26. The van der Waals surface area contributed by atoms with Gasteiger partial charge >= 0.3 is 0 Å². The van der Waals surface area contributed by atoms with E-state index < -0.39 is 0 Å². The van der Waals surface area contributed by atoms with Crippen LogP contribution in [0.15, 0.2) is 24.4 Å². The molecule has 4 nitrogen and oxygen atoms in total. The Bertz CT molecular complexity index is 333. The van der Waals surface area contributed by atoms with E-state index in [2.05, 4.69) is 39.2 Å². The second-order valence-electron chi connectivity index (χ2n) is 5.00. The molecule has 0 radical (unpaired) electrons. The summed E-state index contributed by atoms with van der Waals surface area (Å²) in [5.74, 6) is 1.11. The third-order valence-electron chi connectivity index (χ3n) is 3.72. The van der Waals surface area contributed by atoms with E-state index in [1.807, 2.05) is 19.3 Å². The van der Waals surface area contributed by atoms with E-state index in [-0.39, 0.29) is 0 Å². The van der Waals surface area contributed by atoms with Crippen LogP contribution in [0.3, 0.4) is 0 Å². The van der Waals surface area contributed by atoms with Crippen LogP contribution >= 0.6 is 0 Å². The summed E-state index contributed by atoms with van der Waals surface area (Å²) >= 11 is 0. The van der Waals surface area contributed by atoms with Crippen molar-refractivity contribution in [3.63, 3.8) is 0 Å². The van der Waals surface area contributed by atoms with Crippen LogP contribution in [0.5, 0.6) is 0 Å². The fraction of sp³-hybridized carbons (Fsp3) is 0.643. The van der Waals surface area contributed by atoms with Crippen molar-refractivity contribution in [2.45, 2.75) is 19.4 Å². The number of anilines is 1. The van der Waals surface area contributed by atoms with Gasteiger partial charge in [-0.05, 0) is 39.1 Å². The van der Waals surface area contributed by atoms with Crippen LogP contribution in [0.25, 0.3) is 0 Å². The van der Waals surface area contributed by atoms with Crippen molar-refractivity contribution >= 4 is 5.82 Å². The van der Waals surface area contributed by atoms with Gasteiger partial charge in [0.2, 0.25) is 0 Å². The van der Waals surface area contributed by atoms with Crippen molar-refractivity contribution in [1.82, 2.24) is 15.2 Å². The molecule has 0 amide bonds. The van der Waals surface area contributed by atoms with Gasteiger partial charge in [0.05, 0.1) is 0 Å². The zero-order valence-corrected chi connectivity index (χ0v) is 11.5. The van der Waals surface area contributed by atoms with Crippen molar-refractivity contribution in [3.05, 3.63) is 24.4 Å². The molecular formula is C14H24N4. The van der Waals surface area contributed by atoms with Crippen molar-refractivity contribution < 1.29 is 0 Å². The molecule has 18 heavy (non-hydrogen) atoms. The average molecular weight is 248 g/mol. The molecule has 0 aliphatic carbocycles. The second kappa shape index (κ2) is 6.71. The monoisotopic (exact) mass is 248 g/mol. The Morgan fingerprint density at radius 2 is 2.06 bits per heavy atom. The molecule has 1 aromatic rings. The summed E-state index contributed by atoms with van der Waals surface area (Å²) in [6.07, 6.45) is 3.09. The summed E-state index contributed by atoms with van der Waals surface area (Å²) in [5, 5.41) is 3.29. The van der Waals surface area contributed by atoms with Gasteiger partial charge in [-0.2, -0.15) is 0 Å². The van der Waals surface area contributed by atoms with Crippen molar-refractivity contribution in [2.75, 3.05) is 44.7 Å². The zero-order chi connectivity index (χ0) is 12.8. The summed E-state index contributed by atoms with van der Waals surface area (Å²) in [7, 11) is 2.03. The number of piperazine rings is 1. The highest BCUT2D eigenvalue weighted by atomic mass is 15.3. The van der Waals surface area contributed by atoms with Crippen LogP contribution < -0.4 is 10.2 Å². The van der Waals surface area contributed by atoms with Gasteiger partial charge in [0.1, 0.15) is 5.82 Å². The van der Waals surface area contributed by atoms with E-state index >= 15 is 0 Å². The molecule has 4 heteroatoms. The van der Waals surface area contributed by atoms with Crippen LogP contribution in [0, 0.1) is 0 Å². The number of hydrogen-bond donors (Lipinski definition) is 1. The Hall–Kier alpha value is -1.13. The molecular weight excluding hydrogens is 224 g/mol. The number of aromatic nitrogens is 1. The lowest BCUT2D eigenvalue weighted by atomic mass is 10.2. The van der Waals surface area contributed by atoms with Gasteiger partial charge in [-0.3, -0.25) is 4.90 Å². The molecule has 0 bridgehead atoms. The smallest absolute Gasteiger partial charge is 0.128 e. The number of nitrogens with one attached hydrogen (secondary N) is 1. The predicted octanol–water partition coefficient (Wildman–Crippen LogP) is 1.20. The van der Waals surface area contributed by atoms with Crippen molar-refractivity contribution in [3.8, 4) is 0 Å². The van der Waals surface area contributed by atoms with Crippen molar-refractivity contribution in [1.29, 1.82) is 0 Å². The first kappa shape index (κ1) is 13.3. The predicted molar refractivity (Wildman–Crippen MR) is 76.0 cm³/mol. The minimum absolute atomic E-state index is 0.610. The van der Waals surface area contributed by atoms with Crippen LogP contribution in [0.4, 0.5) is 5.82 Å². The van der Waals surface area contributed by atoms with E-state index in [0.717, 1.165) is 32.0 Å². The van der Waals surface area contributed by atoms with Crippen molar-refractivity contribution in [2.24, 2.45) is 0 Å². The SMILES string of the molecule is CNC(C)CCN1CCN(c2ccccn2)CC1. The average Bonchev–Trinajstić information content (AvgIpc) is 2.46. The first-order chi connectivity index (χ1) is 8.79. The molecule has 2 rings (SSSR count). The molecule has 1 N–H and O–H groups in total. The van der Waals surface area contributed by atoms with E-state index in [1.54, 1.807) is 0 Å². The van der Waals surface area contributed by atoms with E-state index in [9.17, 15) is 0 Å². The number of nitrogens with zero attached hydrogens (tertiary/aromatic N) is 3. The number of hydrogen-bond acceptors (Lipinski definition) is 4. The zero-order valence-electron chi connectivity index (χ0n) is 11.5. The van der Waals surface area contributed by atoms with Gasteiger partial charge in [0, 0.05) is 38.4 Å². The molecule has 1 saturated heterocycles. The quantitative estimate of drug-likeness (QED) is 0.848. The number of pyridine rings is 1. The maximum absolute atomic E-state index is 4.41. The minimum Gasteiger partial charge on any atom is -0.354 e. The first-order valence-electron chi connectivity index (χ1n) is 6.85. The summed E-state index contributed by atoms with van der Waals surface area (Å²) < 4.78 is 0. The van der Waals surface area contributed by atoms with Crippen LogP contribution in [-0.2, 0) is 0 Å². The lowest BCUT2D eigenvalue weighted by molar-refractivity contribution is 0.246. The highest BCUT2D eigenvalue weighted by Crippen LogP contribution is 2.12. The Morgan fingerprint density at radius 1 is 1.28 bits per heavy atom. The van der Waals surface area contributed by atoms with Gasteiger partial charge in [-0.25, -0.2) is 4.98 Å². The Kier molecular flexibility index (Phi) is 4.96. The summed E-state index contributed by atoms with van der Waals surface area (Å²) in [6, 6.07) is 6.74. The van der Waals surface area contributed by atoms with Crippen LogP contribution in [-0.4, -0.2) is 55.7 Å². The molecule has 100 valence electrons. The first-order valence-corrected chi connectivity index (χ1v) is 6.85. The number of rotatable bonds is 5. The largest absolute Gasteiger partial charge is 0.354 e. The maximum atomic E-state index is 4.41. The van der Waals surface area contributed by atoms with Gasteiger partial charge in [0.25, 0.3) is 0 Å². The maximum Gasteiger partial charge on any atom is 0.128 e. The molecule has 1 aliphatic rings. The molecule has 0 spiro atoms. The summed E-state index contributed by atoms with van der Waals surface area (Å²) in [4.78, 5) is 9.33. The summed E-state index contributed by atoms with van der Waals surface area (Å²) in [6.45, 7) is 7.90. The second-order valence-corrected chi connectivity index (χ2v) is 5.00. The van der Waals surface area contributed by atoms with Crippen LogP contribution in [0.2, 0.25) is 0 Å². The van der Waals surface area contributed by atoms with Gasteiger partial charge in [0.15, 0.2) is 0 Å². The van der Waals surface area contributed by atoms with Gasteiger partial charge < -0.3 is 10.2 Å². The molecule has 0 saturated carbocycles. The summed E-state index contributed by atoms with van der Waals surface area (Å²) in [5.41, 5.74) is 0. The highest BCUT2D eigenvalue weighted by Gasteiger charge is 2.17. The molecule has 1 atom stereocenters. The molecule has 1 unspecified atom stereocenters.